The standard InChI is InChI=1S/C10H18O3S/c1-2-3-7-6-8-9(11)4-5-10(8)14(7,12)13/h7-11H,2-6H2,1H3/t7-,8?,9?,10-/m0/s1. The van der Waals surface area contributed by atoms with Crippen LogP contribution in [0.4, 0.5) is 0 Å². The molecule has 0 aromatic carbocycles. The molecular formula is C10H18O3S. The Labute approximate surface area is 85.4 Å². The zero-order valence-corrected chi connectivity index (χ0v) is 9.33. The molecule has 1 N–H and O–H groups in total. The van der Waals surface area contributed by atoms with Crippen molar-refractivity contribution in [2.45, 2.75) is 55.6 Å². The summed E-state index contributed by atoms with van der Waals surface area (Å²) in [5, 5.41) is 9.26. The Bertz CT molecular complexity index is 309. The molecular weight excluding hydrogens is 200 g/mol. The summed E-state index contributed by atoms with van der Waals surface area (Å²) in [5.74, 6) is 0.0385. The van der Waals surface area contributed by atoms with E-state index < -0.39 is 9.84 Å². The molecule has 1 saturated heterocycles. The van der Waals surface area contributed by atoms with E-state index >= 15 is 0 Å². The maximum absolute atomic E-state index is 12.0. The van der Waals surface area contributed by atoms with E-state index in [1.54, 1.807) is 0 Å². The largest absolute Gasteiger partial charge is 0.393 e. The molecule has 1 aliphatic carbocycles. The Hall–Kier alpha value is -0.0900. The van der Waals surface area contributed by atoms with Gasteiger partial charge in [0.2, 0.25) is 0 Å². The van der Waals surface area contributed by atoms with Crippen molar-refractivity contribution in [2.24, 2.45) is 5.92 Å². The number of fused-ring (bicyclic) bond motifs is 1. The Balaban J connectivity index is 2.21. The smallest absolute Gasteiger partial charge is 0.156 e. The van der Waals surface area contributed by atoms with Gasteiger partial charge in [0.25, 0.3) is 0 Å². The molecule has 0 radical (unpaired) electrons. The van der Waals surface area contributed by atoms with E-state index in [1.807, 2.05) is 6.92 Å². The second-order valence-corrected chi connectivity index (χ2v) is 7.03. The van der Waals surface area contributed by atoms with Crippen LogP contribution >= 0.6 is 0 Å². The molecule has 3 nitrogen and oxygen atoms in total. The lowest BCUT2D eigenvalue weighted by atomic mass is 9.98. The fourth-order valence-electron chi connectivity index (χ4n) is 3.02. The summed E-state index contributed by atoms with van der Waals surface area (Å²) in [4.78, 5) is 0. The molecule has 82 valence electrons. The highest BCUT2D eigenvalue weighted by molar-refractivity contribution is 7.92. The van der Waals surface area contributed by atoms with Crippen LogP contribution in [-0.2, 0) is 9.84 Å². The van der Waals surface area contributed by atoms with Gasteiger partial charge in [-0.1, -0.05) is 13.3 Å². The predicted molar refractivity (Wildman–Crippen MR) is 54.8 cm³/mol. The molecule has 2 aliphatic rings. The molecule has 14 heavy (non-hydrogen) atoms. The second-order valence-electron chi connectivity index (χ2n) is 4.58. The highest BCUT2D eigenvalue weighted by Crippen LogP contribution is 2.44. The fraction of sp³-hybridized carbons (Fsp3) is 1.00. The van der Waals surface area contributed by atoms with E-state index in [0.29, 0.717) is 19.3 Å². The summed E-state index contributed by atoms with van der Waals surface area (Å²) < 4.78 is 24.0. The number of hydrogen-bond donors (Lipinski definition) is 1. The Morgan fingerprint density at radius 2 is 2.07 bits per heavy atom. The zero-order valence-electron chi connectivity index (χ0n) is 8.52. The quantitative estimate of drug-likeness (QED) is 0.755. The SMILES string of the molecule is CCC[C@H]1CC2C(O)CC[C@@H]2S1(=O)=O. The number of rotatable bonds is 2. The maximum Gasteiger partial charge on any atom is 0.156 e. The van der Waals surface area contributed by atoms with Gasteiger partial charge < -0.3 is 5.11 Å². The van der Waals surface area contributed by atoms with Gasteiger partial charge in [-0.15, -0.1) is 0 Å². The maximum atomic E-state index is 12.0. The van der Waals surface area contributed by atoms with Gasteiger partial charge >= 0.3 is 0 Å². The van der Waals surface area contributed by atoms with Crippen LogP contribution in [0.5, 0.6) is 0 Å². The van der Waals surface area contributed by atoms with Crippen molar-refractivity contribution in [2.75, 3.05) is 0 Å². The molecule has 0 bridgehead atoms. The summed E-state index contributed by atoms with van der Waals surface area (Å²) in [7, 11) is -2.92. The van der Waals surface area contributed by atoms with Crippen molar-refractivity contribution in [1.82, 2.24) is 0 Å². The lowest BCUT2D eigenvalue weighted by Gasteiger charge is -2.10. The van der Waals surface area contributed by atoms with Crippen LogP contribution in [0.2, 0.25) is 0 Å². The summed E-state index contributed by atoms with van der Waals surface area (Å²) in [6.45, 7) is 2.01. The van der Waals surface area contributed by atoms with Crippen molar-refractivity contribution in [3.8, 4) is 0 Å². The molecule has 0 aromatic rings. The minimum Gasteiger partial charge on any atom is -0.393 e. The molecule has 4 atom stereocenters. The average Bonchev–Trinajstić information content (AvgIpc) is 2.57. The lowest BCUT2D eigenvalue weighted by molar-refractivity contribution is 0.132. The topological polar surface area (TPSA) is 54.4 Å². The van der Waals surface area contributed by atoms with Crippen LogP contribution in [0.3, 0.4) is 0 Å². The summed E-state index contributed by atoms with van der Waals surface area (Å²) >= 11 is 0. The van der Waals surface area contributed by atoms with Gasteiger partial charge in [-0.25, -0.2) is 8.42 Å². The number of sulfone groups is 1. The number of hydrogen-bond acceptors (Lipinski definition) is 3. The van der Waals surface area contributed by atoms with E-state index in [2.05, 4.69) is 0 Å². The summed E-state index contributed by atoms with van der Waals surface area (Å²) in [6, 6.07) is 0. The van der Waals surface area contributed by atoms with Crippen LogP contribution in [0.25, 0.3) is 0 Å². The van der Waals surface area contributed by atoms with Gasteiger partial charge in [0.15, 0.2) is 9.84 Å². The van der Waals surface area contributed by atoms with Gasteiger partial charge in [0.05, 0.1) is 16.6 Å². The first-order valence-electron chi connectivity index (χ1n) is 5.48. The normalized spacial score (nSPS) is 45.3. The van der Waals surface area contributed by atoms with Crippen LogP contribution in [0.1, 0.15) is 39.0 Å². The third-order valence-electron chi connectivity index (χ3n) is 3.75. The third-order valence-corrected chi connectivity index (χ3v) is 6.54. The second kappa shape index (κ2) is 3.49. The molecule has 2 unspecified atom stereocenters. The van der Waals surface area contributed by atoms with Crippen LogP contribution in [0.15, 0.2) is 0 Å². The highest BCUT2D eigenvalue weighted by atomic mass is 32.2. The van der Waals surface area contributed by atoms with Crippen molar-refractivity contribution in [3.05, 3.63) is 0 Å². The monoisotopic (exact) mass is 218 g/mol. The zero-order chi connectivity index (χ0) is 10.3. The molecule has 0 amide bonds. The molecule has 0 spiro atoms. The molecule has 0 aromatic heterocycles. The Morgan fingerprint density at radius 1 is 1.36 bits per heavy atom. The molecule has 2 fully saturated rings. The van der Waals surface area contributed by atoms with Crippen molar-refractivity contribution >= 4 is 9.84 Å². The number of aliphatic hydroxyl groups excluding tert-OH is 1. The van der Waals surface area contributed by atoms with E-state index in [1.165, 1.54) is 0 Å². The van der Waals surface area contributed by atoms with E-state index in [9.17, 15) is 13.5 Å². The molecule has 1 saturated carbocycles. The van der Waals surface area contributed by atoms with Gasteiger partial charge in [-0.3, -0.25) is 0 Å². The predicted octanol–water partition coefficient (Wildman–Crippen LogP) is 1.11. The van der Waals surface area contributed by atoms with Crippen molar-refractivity contribution in [3.63, 3.8) is 0 Å². The summed E-state index contributed by atoms with van der Waals surface area (Å²) in [6.07, 6.45) is 3.36. The van der Waals surface area contributed by atoms with Gasteiger partial charge in [-0.2, -0.15) is 0 Å². The first kappa shape index (κ1) is 10.4. The first-order valence-corrected chi connectivity index (χ1v) is 7.09. The van der Waals surface area contributed by atoms with E-state index in [4.69, 9.17) is 0 Å². The lowest BCUT2D eigenvalue weighted by Crippen LogP contribution is -2.23. The fourth-order valence-corrected chi connectivity index (χ4v) is 5.81. The third kappa shape index (κ3) is 1.39. The van der Waals surface area contributed by atoms with E-state index in [0.717, 1.165) is 12.8 Å². The first-order chi connectivity index (χ1) is 6.57. The minimum atomic E-state index is -2.92. The molecule has 2 rings (SSSR count). The summed E-state index contributed by atoms with van der Waals surface area (Å²) in [5.41, 5.74) is 0. The number of aliphatic hydroxyl groups is 1. The van der Waals surface area contributed by atoms with Gasteiger partial charge in [0, 0.05) is 5.92 Å². The highest BCUT2D eigenvalue weighted by Gasteiger charge is 2.52. The van der Waals surface area contributed by atoms with Crippen LogP contribution in [0, 0.1) is 5.92 Å². The molecule has 1 heterocycles. The van der Waals surface area contributed by atoms with Crippen molar-refractivity contribution in [1.29, 1.82) is 0 Å². The minimum absolute atomic E-state index is 0.0385. The molecule has 1 aliphatic heterocycles. The van der Waals surface area contributed by atoms with Crippen LogP contribution in [-0.4, -0.2) is 30.1 Å². The average molecular weight is 218 g/mol. The van der Waals surface area contributed by atoms with E-state index in [-0.39, 0.29) is 22.5 Å². The molecule has 4 heteroatoms. The van der Waals surface area contributed by atoms with Gasteiger partial charge in [-0.05, 0) is 25.7 Å². The van der Waals surface area contributed by atoms with Gasteiger partial charge in [0.1, 0.15) is 0 Å². The van der Waals surface area contributed by atoms with Crippen LogP contribution < -0.4 is 0 Å². The van der Waals surface area contributed by atoms with Crippen molar-refractivity contribution < 1.29 is 13.5 Å². The Kier molecular flexibility index (Phi) is 2.60. The Morgan fingerprint density at radius 3 is 2.64 bits per heavy atom.